The maximum Gasteiger partial charge on any atom is 0.251 e. The molecule has 1 amide bonds. The van der Waals surface area contributed by atoms with Crippen molar-refractivity contribution in [2.75, 3.05) is 20.8 Å². The summed E-state index contributed by atoms with van der Waals surface area (Å²) in [5, 5.41) is 14.3. The second-order valence-corrected chi connectivity index (χ2v) is 5.90. The summed E-state index contributed by atoms with van der Waals surface area (Å²) in [6.45, 7) is 0.504. The Kier molecular flexibility index (Phi) is 5.65. The zero-order valence-corrected chi connectivity index (χ0v) is 15.5. The molecule has 27 heavy (non-hydrogen) atoms. The average Bonchev–Trinajstić information content (AvgIpc) is 3.13. The number of carbonyl (C=O) groups excluding carboxylic acids is 1. The number of nitrogens with zero attached hydrogens (tertiary/aromatic N) is 4. The third-order valence-electron chi connectivity index (χ3n) is 4.15. The summed E-state index contributed by atoms with van der Waals surface area (Å²) >= 11 is 0. The van der Waals surface area contributed by atoms with Crippen LogP contribution in [0, 0.1) is 0 Å². The van der Waals surface area contributed by atoms with E-state index in [-0.39, 0.29) is 5.91 Å². The van der Waals surface area contributed by atoms with Gasteiger partial charge in [-0.3, -0.25) is 4.79 Å². The van der Waals surface area contributed by atoms with Gasteiger partial charge in [-0.25, -0.2) is 4.68 Å². The van der Waals surface area contributed by atoms with Crippen molar-refractivity contribution in [1.82, 2.24) is 25.5 Å². The van der Waals surface area contributed by atoms with E-state index in [2.05, 4.69) is 20.8 Å². The highest BCUT2D eigenvalue weighted by atomic mass is 16.5. The van der Waals surface area contributed by atoms with Crippen molar-refractivity contribution in [3.8, 4) is 22.9 Å². The fourth-order valence-electron chi connectivity index (χ4n) is 2.73. The molecule has 1 aromatic heterocycles. The summed E-state index contributed by atoms with van der Waals surface area (Å²) in [6, 6.07) is 12.9. The molecule has 0 fully saturated rings. The van der Waals surface area contributed by atoms with E-state index in [1.54, 1.807) is 38.1 Å². The number of benzene rings is 2. The van der Waals surface area contributed by atoms with Gasteiger partial charge in [-0.15, -0.1) is 5.10 Å². The minimum absolute atomic E-state index is 0.146. The van der Waals surface area contributed by atoms with Crippen LogP contribution >= 0.6 is 0 Å². The first-order valence-electron chi connectivity index (χ1n) is 8.44. The van der Waals surface area contributed by atoms with E-state index in [4.69, 9.17) is 9.47 Å². The van der Waals surface area contributed by atoms with E-state index in [9.17, 15) is 4.79 Å². The van der Waals surface area contributed by atoms with Gasteiger partial charge in [-0.2, -0.15) is 0 Å². The summed E-state index contributed by atoms with van der Waals surface area (Å²) < 4.78 is 12.1. The predicted molar refractivity (Wildman–Crippen MR) is 99.8 cm³/mol. The van der Waals surface area contributed by atoms with Crippen LogP contribution in [0.25, 0.3) is 11.4 Å². The summed E-state index contributed by atoms with van der Waals surface area (Å²) in [6.07, 6.45) is 0.680. The number of ether oxygens (including phenoxy) is 2. The zero-order valence-electron chi connectivity index (χ0n) is 15.5. The van der Waals surface area contributed by atoms with Crippen molar-refractivity contribution in [1.29, 1.82) is 0 Å². The number of tetrazole rings is 1. The molecule has 0 unspecified atom stereocenters. The van der Waals surface area contributed by atoms with Gasteiger partial charge in [0.1, 0.15) is 0 Å². The van der Waals surface area contributed by atoms with E-state index in [1.807, 2.05) is 30.3 Å². The Balaban J connectivity index is 1.62. The first kappa shape index (κ1) is 18.4. The quantitative estimate of drug-likeness (QED) is 0.685. The molecule has 0 atom stereocenters. The van der Waals surface area contributed by atoms with E-state index in [0.717, 1.165) is 11.1 Å². The van der Waals surface area contributed by atoms with Crippen LogP contribution in [0.4, 0.5) is 0 Å². The SMILES string of the molecule is COc1ccc(CCNC(=O)c2cccc(-c3nnnn3C)c2)cc1OC. The van der Waals surface area contributed by atoms with Crippen LogP contribution in [0.2, 0.25) is 0 Å². The standard InChI is InChI=1S/C19H21N5O3/c1-24-18(21-22-23-24)14-5-4-6-15(12-14)19(25)20-10-9-13-7-8-16(26-2)17(11-13)27-3/h4-8,11-12H,9-10H2,1-3H3,(H,20,25). The number of aryl methyl sites for hydroxylation is 1. The Bertz CT molecular complexity index is 939. The molecule has 1 heterocycles. The van der Waals surface area contributed by atoms with Gasteiger partial charge in [0.2, 0.25) is 0 Å². The van der Waals surface area contributed by atoms with Gasteiger partial charge < -0.3 is 14.8 Å². The molecular weight excluding hydrogens is 346 g/mol. The third-order valence-corrected chi connectivity index (χ3v) is 4.15. The van der Waals surface area contributed by atoms with Crippen molar-refractivity contribution in [3.63, 3.8) is 0 Å². The average molecular weight is 367 g/mol. The van der Waals surface area contributed by atoms with Crippen LogP contribution in [-0.4, -0.2) is 46.9 Å². The lowest BCUT2D eigenvalue weighted by Gasteiger charge is -2.10. The van der Waals surface area contributed by atoms with Gasteiger partial charge in [-0.1, -0.05) is 18.2 Å². The smallest absolute Gasteiger partial charge is 0.251 e. The number of hydrogen-bond donors (Lipinski definition) is 1. The van der Waals surface area contributed by atoms with Crippen molar-refractivity contribution >= 4 is 5.91 Å². The highest BCUT2D eigenvalue weighted by Gasteiger charge is 2.11. The van der Waals surface area contributed by atoms with Crippen LogP contribution in [0.1, 0.15) is 15.9 Å². The van der Waals surface area contributed by atoms with Crippen molar-refractivity contribution in [3.05, 3.63) is 53.6 Å². The summed E-state index contributed by atoms with van der Waals surface area (Å²) in [5.74, 6) is 1.81. The van der Waals surface area contributed by atoms with Crippen LogP contribution in [0.15, 0.2) is 42.5 Å². The van der Waals surface area contributed by atoms with Crippen molar-refractivity contribution in [2.45, 2.75) is 6.42 Å². The van der Waals surface area contributed by atoms with Gasteiger partial charge in [0.15, 0.2) is 17.3 Å². The molecule has 8 heteroatoms. The molecular formula is C19H21N5O3. The first-order valence-corrected chi connectivity index (χ1v) is 8.44. The Morgan fingerprint density at radius 1 is 1.11 bits per heavy atom. The van der Waals surface area contributed by atoms with Gasteiger partial charge in [-0.05, 0) is 46.7 Å². The van der Waals surface area contributed by atoms with Crippen molar-refractivity contribution < 1.29 is 14.3 Å². The molecule has 3 rings (SSSR count). The van der Waals surface area contributed by atoms with E-state index in [1.165, 1.54) is 0 Å². The van der Waals surface area contributed by atoms with E-state index >= 15 is 0 Å². The fourth-order valence-corrected chi connectivity index (χ4v) is 2.73. The Labute approximate surface area is 157 Å². The second kappa shape index (κ2) is 8.31. The highest BCUT2D eigenvalue weighted by molar-refractivity contribution is 5.95. The van der Waals surface area contributed by atoms with Crippen LogP contribution in [0.5, 0.6) is 11.5 Å². The molecule has 0 aliphatic heterocycles. The number of nitrogens with one attached hydrogen (secondary N) is 1. The third kappa shape index (κ3) is 4.22. The van der Waals surface area contributed by atoms with E-state index in [0.29, 0.717) is 35.9 Å². The molecule has 3 aromatic rings. The second-order valence-electron chi connectivity index (χ2n) is 5.90. The normalized spacial score (nSPS) is 10.5. The Morgan fingerprint density at radius 3 is 2.63 bits per heavy atom. The molecule has 0 spiro atoms. The Hall–Kier alpha value is -3.42. The lowest BCUT2D eigenvalue weighted by atomic mass is 10.1. The fraction of sp³-hybridized carbons (Fsp3) is 0.263. The van der Waals surface area contributed by atoms with Gasteiger partial charge in [0.05, 0.1) is 14.2 Å². The lowest BCUT2D eigenvalue weighted by Crippen LogP contribution is -2.25. The molecule has 0 radical (unpaired) electrons. The molecule has 140 valence electrons. The van der Waals surface area contributed by atoms with Crippen LogP contribution in [-0.2, 0) is 13.5 Å². The minimum Gasteiger partial charge on any atom is -0.493 e. The molecule has 8 nitrogen and oxygen atoms in total. The zero-order chi connectivity index (χ0) is 19.2. The molecule has 0 saturated heterocycles. The summed E-state index contributed by atoms with van der Waals surface area (Å²) in [5.41, 5.74) is 2.39. The summed E-state index contributed by atoms with van der Waals surface area (Å²) in [7, 11) is 4.96. The topological polar surface area (TPSA) is 91.2 Å². The number of hydrogen-bond acceptors (Lipinski definition) is 6. The molecule has 0 aliphatic carbocycles. The molecule has 0 aliphatic rings. The first-order chi connectivity index (χ1) is 13.1. The molecule has 0 bridgehead atoms. The maximum atomic E-state index is 12.5. The van der Waals surface area contributed by atoms with E-state index < -0.39 is 0 Å². The van der Waals surface area contributed by atoms with Crippen LogP contribution < -0.4 is 14.8 Å². The highest BCUT2D eigenvalue weighted by Crippen LogP contribution is 2.27. The molecule has 2 aromatic carbocycles. The van der Waals surface area contributed by atoms with Gasteiger partial charge in [0, 0.05) is 24.7 Å². The maximum absolute atomic E-state index is 12.5. The number of methoxy groups -OCH3 is 2. The van der Waals surface area contributed by atoms with Crippen LogP contribution in [0.3, 0.4) is 0 Å². The van der Waals surface area contributed by atoms with Gasteiger partial charge >= 0.3 is 0 Å². The lowest BCUT2D eigenvalue weighted by molar-refractivity contribution is 0.0954. The van der Waals surface area contributed by atoms with Crippen molar-refractivity contribution in [2.24, 2.45) is 7.05 Å². The number of aromatic nitrogens is 4. The number of amides is 1. The predicted octanol–water partition coefficient (Wildman–Crippen LogP) is 1.87. The molecule has 0 saturated carbocycles. The number of carbonyl (C=O) groups is 1. The number of rotatable bonds is 7. The molecule has 1 N–H and O–H groups in total. The largest absolute Gasteiger partial charge is 0.493 e. The summed E-state index contributed by atoms with van der Waals surface area (Å²) in [4.78, 5) is 12.5. The Morgan fingerprint density at radius 2 is 1.93 bits per heavy atom. The van der Waals surface area contributed by atoms with Gasteiger partial charge in [0.25, 0.3) is 5.91 Å². The minimum atomic E-state index is -0.146. The monoisotopic (exact) mass is 367 g/mol.